The Balaban J connectivity index is 1.76. The minimum atomic E-state index is -0.488. The van der Waals surface area contributed by atoms with Crippen LogP contribution in [0.4, 0.5) is 4.79 Å². The number of guanidine groups is 1. The van der Waals surface area contributed by atoms with Crippen LogP contribution in [0, 0.1) is 6.92 Å². The number of furan rings is 1. The number of aryl methyl sites for hydroxylation is 1. The maximum absolute atomic E-state index is 11.7. The fourth-order valence-corrected chi connectivity index (χ4v) is 3.15. The lowest BCUT2D eigenvalue weighted by molar-refractivity contribution is 0.0124. The van der Waals surface area contributed by atoms with Gasteiger partial charge in [0.2, 0.25) is 0 Å². The second-order valence-corrected chi connectivity index (χ2v) is 8.27. The van der Waals surface area contributed by atoms with E-state index in [1.54, 1.807) is 7.05 Å². The topological polar surface area (TPSA) is 100 Å². The van der Waals surface area contributed by atoms with Crippen LogP contribution >= 0.6 is 0 Å². The van der Waals surface area contributed by atoms with Gasteiger partial charge in [-0.05, 0) is 46.2 Å². The van der Waals surface area contributed by atoms with Gasteiger partial charge in [0.05, 0.1) is 19.3 Å². The standard InChI is InChI=1S/C21H37N5O4/c1-16-7-8-18(29-16)17(26-11-13-28-14-12-26)15-25-19(22-5)23-9-6-10-24-20(27)30-21(2,3)4/h7-8,17H,6,9-15H2,1-5H3,(H,24,27)(H2,22,23,25). The summed E-state index contributed by atoms with van der Waals surface area (Å²) in [6.07, 6.45) is 0.358. The molecule has 1 amide bonds. The van der Waals surface area contributed by atoms with E-state index in [2.05, 4.69) is 25.8 Å². The van der Waals surface area contributed by atoms with E-state index in [-0.39, 0.29) is 6.04 Å². The SMILES string of the molecule is CN=C(NCCCNC(=O)OC(C)(C)C)NCC(c1ccc(C)o1)N1CCOCC1. The second kappa shape index (κ2) is 11.8. The zero-order valence-corrected chi connectivity index (χ0v) is 18.9. The van der Waals surface area contributed by atoms with Crippen molar-refractivity contribution in [3.05, 3.63) is 23.7 Å². The van der Waals surface area contributed by atoms with Gasteiger partial charge in [-0.2, -0.15) is 0 Å². The van der Waals surface area contributed by atoms with Crippen molar-refractivity contribution < 1.29 is 18.7 Å². The van der Waals surface area contributed by atoms with Gasteiger partial charge in [0.15, 0.2) is 5.96 Å². The van der Waals surface area contributed by atoms with Gasteiger partial charge < -0.3 is 29.8 Å². The van der Waals surface area contributed by atoms with Gasteiger partial charge in [-0.3, -0.25) is 9.89 Å². The first kappa shape index (κ1) is 24.0. The number of nitrogens with one attached hydrogen (secondary N) is 3. The highest BCUT2D eigenvalue weighted by Gasteiger charge is 2.25. The molecular formula is C21H37N5O4. The van der Waals surface area contributed by atoms with E-state index < -0.39 is 11.7 Å². The molecule has 2 heterocycles. The highest BCUT2D eigenvalue weighted by molar-refractivity contribution is 5.79. The molecule has 1 atom stereocenters. The largest absolute Gasteiger partial charge is 0.465 e. The number of ether oxygens (including phenoxy) is 2. The summed E-state index contributed by atoms with van der Waals surface area (Å²) in [5.74, 6) is 2.57. The average molecular weight is 424 g/mol. The van der Waals surface area contributed by atoms with Crippen molar-refractivity contribution in [2.24, 2.45) is 4.99 Å². The summed E-state index contributed by atoms with van der Waals surface area (Å²) in [5, 5.41) is 9.42. The number of amides is 1. The van der Waals surface area contributed by atoms with Crippen LogP contribution in [0.25, 0.3) is 0 Å². The summed E-state index contributed by atoms with van der Waals surface area (Å²) in [6.45, 7) is 12.6. The lowest BCUT2D eigenvalue weighted by atomic mass is 10.1. The van der Waals surface area contributed by atoms with E-state index in [1.807, 2.05) is 39.8 Å². The smallest absolute Gasteiger partial charge is 0.407 e. The lowest BCUT2D eigenvalue weighted by Crippen LogP contribution is -2.46. The van der Waals surface area contributed by atoms with Crippen LogP contribution in [0.3, 0.4) is 0 Å². The third kappa shape index (κ3) is 8.62. The molecule has 1 saturated heterocycles. The fourth-order valence-electron chi connectivity index (χ4n) is 3.15. The van der Waals surface area contributed by atoms with Gasteiger partial charge in [0.1, 0.15) is 17.1 Å². The summed E-state index contributed by atoms with van der Waals surface area (Å²) in [6, 6.07) is 4.14. The molecule has 0 radical (unpaired) electrons. The zero-order valence-electron chi connectivity index (χ0n) is 18.9. The Kier molecular flexibility index (Phi) is 9.45. The molecule has 170 valence electrons. The number of hydrogen-bond donors (Lipinski definition) is 3. The molecule has 0 spiro atoms. The van der Waals surface area contributed by atoms with Crippen molar-refractivity contribution in [3.8, 4) is 0 Å². The molecule has 1 aliphatic rings. The van der Waals surface area contributed by atoms with Gasteiger partial charge >= 0.3 is 6.09 Å². The van der Waals surface area contributed by atoms with E-state index in [0.29, 0.717) is 25.6 Å². The molecule has 9 heteroatoms. The molecule has 0 aliphatic carbocycles. The van der Waals surface area contributed by atoms with E-state index in [9.17, 15) is 4.79 Å². The Morgan fingerprint density at radius 3 is 2.50 bits per heavy atom. The van der Waals surface area contributed by atoms with Crippen LogP contribution in [0.5, 0.6) is 0 Å². The Hall–Kier alpha value is -2.26. The fraction of sp³-hybridized carbons (Fsp3) is 0.714. The van der Waals surface area contributed by atoms with Gasteiger partial charge in [-0.1, -0.05) is 0 Å². The van der Waals surface area contributed by atoms with Crippen LogP contribution < -0.4 is 16.0 Å². The van der Waals surface area contributed by atoms with Gasteiger partial charge in [0.25, 0.3) is 0 Å². The summed E-state index contributed by atoms with van der Waals surface area (Å²) >= 11 is 0. The van der Waals surface area contributed by atoms with E-state index in [4.69, 9.17) is 13.9 Å². The summed E-state index contributed by atoms with van der Waals surface area (Å²) < 4.78 is 16.6. The maximum atomic E-state index is 11.7. The predicted molar refractivity (Wildman–Crippen MR) is 117 cm³/mol. The van der Waals surface area contributed by atoms with Crippen molar-refractivity contribution in [1.82, 2.24) is 20.9 Å². The Morgan fingerprint density at radius 2 is 1.90 bits per heavy atom. The van der Waals surface area contributed by atoms with Crippen molar-refractivity contribution in [1.29, 1.82) is 0 Å². The third-order valence-electron chi connectivity index (χ3n) is 4.58. The molecule has 2 rings (SSSR count). The Labute approximate surface area is 179 Å². The summed E-state index contributed by atoms with van der Waals surface area (Å²) in [5.41, 5.74) is -0.488. The predicted octanol–water partition coefficient (Wildman–Crippen LogP) is 2.04. The number of aliphatic imine (C=N–C) groups is 1. The van der Waals surface area contributed by atoms with E-state index in [1.165, 1.54) is 0 Å². The summed E-state index contributed by atoms with van der Waals surface area (Å²) in [7, 11) is 1.75. The molecule has 30 heavy (non-hydrogen) atoms. The van der Waals surface area contributed by atoms with Gasteiger partial charge in [-0.25, -0.2) is 4.79 Å². The van der Waals surface area contributed by atoms with Crippen LogP contribution in [-0.4, -0.2) is 75.5 Å². The third-order valence-corrected chi connectivity index (χ3v) is 4.58. The second-order valence-electron chi connectivity index (χ2n) is 8.27. The highest BCUT2D eigenvalue weighted by Crippen LogP contribution is 2.23. The number of nitrogens with zero attached hydrogens (tertiary/aromatic N) is 2. The molecule has 1 aromatic rings. The number of alkyl carbamates (subject to hydrolysis) is 1. The first-order valence-corrected chi connectivity index (χ1v) is 10.6. The molecule has 1 unspecified atom stereocenters. The number of rotatable bonds is 8. The first-order valence-electron chi connectivity index (χ1n) is 10.6. The minimum absolute atomic E-state index is 0.106. The Morgan fingerprint density at radius 1 is 1.20 bits per heavy atom. The molecule has 0 saturated carbocycles. The van der Waals surface area contributed by atoms with Crippen molar-refractivity contribution in [2.45, 2.75) is 45.8 Å². The maximum Gasteiger partial charge on any atom is 0.407 e. The molecule has 1 aliphatic heterocycles. The normalized spacial score (nSPS) is 16.8. The van der Waals surface area contributed by atoms with Crippen LogP contribution in [-0.2, 0) is 9.47 Å². The van der Waals surface area contributed by atoms with Crippen molar-refractivity contribution >= 4 is 12.1 Å². The lowest BCUT2D eigenvalue weighted by Gasteiger charge is -2.33. The first-order chi connectivity index (χ1) is 14.3. The monoisotopic (exact) mass is 423 g/mol. The van der Waals surface area contributed by atoms with Crippen LogP contribution in [0.2, 0.25) is 0 Å². The van der Waals surface area contributed by atoms with Crippen molar-refractivity contribution in [2.75, 3.05) is 53.0 Å². The number of hydrogen-bond acceptors (Lipinski definition) is 6. The molecule has 0 aromatic carbocycles. The molecule has 9 nitrogen and oxygen atoms in total. The highest BCUT2D eigenvalue weighted by atomic mass is 16.6. The quantitative estimate of drug-likeness (QED) is 0.334. The van der Waals surface area contributed by atoms with Crippen LogP contribution in [0.15, 0.2) is 21.5 Å². The number of morpholine rings is 1. The van der Waals surface area contributed by atoms with E-state index >= 15 is 0 Å². The van der Waals surface area contributed by atoms with Crippen molar-refractivity contribution in [3.63, 3.8) is 0 Å². The zero-order chi connectivity index (χ0) is 22.0. The number of carbonyl (C=O) groups excluding carboxylic acids is 1. The number of carbonyl (C=O) groups is 1. The van der Waals surface area contributed by atoms with E-state index in [0.717, 1.165) is 44.2 Å². The molecular weight excluding hydrogens is 386 g/mol. The molecule has 1 fully saturated rings. The molecule has 3 N–H and O–H groups in total. The summed E-state index contributed by atoms with van der Waals surface area (Å²) in [4.78, 5) is 18.3. The average Bonchev–Trinajstić information content (AvgIpc) is 3.11. The van der Waals surface area contributed by atoms with Gasteiger partial charge in [-0.15, -0.1) is 0 Å². The van der Waals surface area contributed by atoms with Gasteiger partial charge in [0, 0.05) is 39.8 Å². The molecule has 0 bridgehead atoms. The van der Waals surface area contributed by atoms with Crippen LogP contribution in [0.1, 0.15) is 44.8 Å². The molecule has 1 aromatic heterocycles. The Bertz CT molecular complexity index is 677. The minimum Gasteiger partial charge on any atom is -0.465 e.